The molecule has 0 bridgehead atoms. The third-order valence-electron chi connectivity index (χ3n) is 3.07. The van der Waals surface area contributed by atoms with Crippen molar-refractivity contribution in [1.82, 2.24) is 4.90 Å². The van der Waals surface area contributed by atoms with Gasteiger partial charge in [-0.3, -0.25) is 4.79 Å². The zero-order chi connectivity index (χ0) is 14.5. The number of benzene rings is 1. The van der Waals surface area contributed by atoms with Crippen LogP contribution >= 0.6 is 11.8 Å². The highest BCUT2D eigenvalue weighted by atomic mass is 32.2. The highest BCUT2D eigenvalue weighted by molar-refractivity contribution is 8.00. The predicted octanol–water partition coefficient (Wildman–Crippen LogP) is 1.53. The SMILES string of the molecule is CC1CN(C(=O)CSc2ccccc2F)CC(CO)O1. The molecule has 1 aliphatic rings. The molecule has 1 aromatic carbocycles. The smallest absolute Gasteiger partial charge is 0.233 e. The molecule has 1 amide bonds. The maximum atomic E-state index is 13.5. The molecule has 1 aromatic rings. The number of carbonyl (C=O) groups is 1. The zero-order valence-electron chi connectivity index (χ0n) is 11.3. The quantitative estimate of drug-likeness (QED) is 0.857. The Kier molecular flexibility index (Phi) is 5.39. The minimum absolute atomic E-state index is 0.0631. The summed E-state index contributed by atoms with van der Waals surface area (Å²) >= 11 is 1.19. The van der Waals surface area contributed by atoms with Crippen LogP contribution in [0.25, 0.3) is 0 Å². The van der Waals surface area contributed by atoms with Gasteiger partial charge in [-0.25, -0.2) is 4.39 Å². The van der Waals surface area contributed by atoms with Crippen LogP contribution in [0.2, 0.25) is 0 Å². The van der Waals surface area contributed by atoms with Gasteiger partial charge < -0.3 is 14.7 Å². The van der Waals surface area contributed by atoms with Crippen molar-refractivity contribution in [3.8, 4) is 0 Å². The molecule has 1 N–H and O–H groups in total. The van der Waals surface area contributed by atoms with Crippen LogP contribution < -0.4 is 0 Å². The minimum atomic E-state index is -0.332. The Morgan fingerprint density at radius 3 is 2.95 bits per heavy atom. The van der Waals surface area contributed by atoms with E-state index in [1.54, 1.807) is 23.1 Å². The summed E-state index contributed by atoms with van der Waals surface area (Å²) in [6.07, 6.45) is -0.426. The summed E-state index contributed by atoms with van der Waals surface area (Å²) in [5.74, 6) is -0.188. The first-order valence-electron chi connectivity index (χ1n) is 6.51. The number of rotatable bonds is 4. The van der Waals surface area contributed by atoms with E-state index in [4.69, 9.17) is 9.84 Å². The molecule has 1 fully saturated rings. The van der Waals surface area contributed by atoms with Crippen LogP contribution in [0.4, 0.5) is 4.39 Å². The number of nitrogens with zero attached hydrogens (tertiary/aromatic N) is 1. The second kappa shape index (κ2) is 7.06. The van der Waals surface area contributed by atoms with Crippen LogP contribution in [0, 0.1) is 5.82 Å². The highest BCUT2D eigenvalue weighted by Gasteiger charge is 2.27. The van der Waals surface area contributed by atoms with Gasteiger partial charge in [0.25, 0.3) is 0 Å². The van der Waals surface area contributed by atoms with Gasteiger partial charge >= 0.3 is 0 Å². The molecule has 0 aliphatic carbocycles. The van der Waals surface area contributed by atoms with E-state index >= 15 is 0 Å². The normalized spacial score (nSPS) is 22.9. The Labute approximate surface area is 121 Å². The monoisotopic (exact) mass is 299 g/mol. The fraction of sp³-hybridized carbons (Fsp3) is 0.500. The van der Waals surface area contributed by atoms with E-state index in [9.17, 15) is 9.18 Å². The van der Waals surface area contributed by atoms with Crippen molar-refractivity contribution < 1.29 is 19.0 Å². The van der Waals surface area contributed by atoms with E-state index in [2.05, 4.69) is 0 Å². The summed E-state index contributed by atoms with van der Waals surface area (Å²) in [6.45, 7) is 2.66. The van der Waals surface area contributed by atoms with Gasteiger partial charge in [0.1, 0.15) is 5.82 Å². The number of thioether (sulfide) groups is 1. The number of carbonyl (C=O) groups excluding carboxylic acids is 1. The van der Waals surface area contributed by atoms with Crippen molar-refractivity contribution >= 4 is 17.7 Å². The molecule has 1 heterocycles. The maximum Gasteiger partial charge on any atom is 0.233 e. The third-order valence-corrected chi connectivity index (χ3v) is 4.10. The lowest BCUT2D eigenvalue weighted by atomic mass is 10.2. The van der Waals surface area contributed by atoms with E-state index in [0.29, 0.717) is 18.0 Å². The van der Waals surface area contributed by atoms with Crippen LogP contribution in [-0.2, 0) is 9.53 Å². The van der Waals surface area contributed by atoms with Crippen LogP contribution in [0.15, 0.2) is 29.2 Å². The summed E-state index contributed by atoms with van der Waals surface area (Å²) in [5.41, 5.74) is 0. The molecular formula is C14H18FNO3S. The molecule has 0 radical (unpaired) electrons. The van der Waals surface area contributed by atoms with E-state index < -0.39 is 0 Å². The van der Waals surface area contributed by atoms with Crippen LogP contribution in [-0.4, -0.2) is 53.6 Å². The lowest BCUT2D eigenvalue weighted by molar-refractivity contribution is -0.144. The number of aliphatic hydroxyl groups excluding tert-OH is 1. The van der Waals surface area contributed by atoms with Crippen molar-refractivity contribution in [1.29, 1.82) is 0 Å². The fourth-order valence-electron chi connectivity index (χ4n) is 2.14. The van der Waals surface area contributed by atoms with Gasteiger partial charge in [0.2, 0.25) is 5.91 Å². The molecular weight excluding hydrogens is 281 g/mol. The minimum Gasteiger partial charge on any atom is -0.394 e. The van der Waals surface area contributed by atoms with Crippen LogP contribution in [0.3, 0.4) is 0 Å². The molecule has 4 nitrogen and oxygen atoms in total. The lowest BCUT2D eigenvalue weighted by Gasteiger charge is -2.36. The Morgan fingerprint density at radius 2 is 2.25 bits per heavy atom. The van der Waals surface area contributed by atoms with Gasteiger partial charge in [-0.1, -0.05) is 12.1 Å². The number of halogens is 1. The molecule has 6 heteroatoms. The lowest BCUT2D eigenvalue weighted by Crippen LogP contribution is -2.50. The number of hydrogen-bond donors (Lipinski definition) is 1. The number of hydrogen-bond acceptors (Lipinski definition) is 4. The number of morpholine rings is 1. The van der Waals surface area contributed by atoms with E-state index in [1.165, 1.54) is 17.8 Å². The van der Waals surface area contributed by atoms with Crippen molar-refractivity contribution in [2.75, 3.05) is 25.4 Å². The first kappa shape index (κ1) is 15.3. The van der Waals surface area contributed by atoms with Gasteiger partial charge in [0.05, 0.1) is 24.6 Å². The largest absolute Gasteiger partial charge is 0.394 e. The third kappa shape index (κ3) is 3.94. The fourth-order valence-corrected chi connectivity index (χ4v) is 2.98. The zero-order valence-corrected chi connectivity index (χ0v) is 12.1. The number of amides is 1. The van der Waals surface area contributed by atoms with Crippen molar-refractivity contribution in [3.05, 3.63) is 30.1 Å². The van der Waals surface area contributed by atoms with E-state index in [1.807, 2.05) is 6.92 Å². The van der Waals surface area contributed by atoms with Gasteiger partial charge in [0, 0.05) is 18.0 Å². The second-order valence-electron chi connectivity index (χ2n) is 4.77. The van der Waals surface area contributed by atoms with E-state index in [0.717, 1.165) is 0 Å². The summed E-state index contributed by atoms with van der Waals surface area (Å²) in [4.78, 5) is 14.3. The molecule has 2 unspecified atom stereocenters. The average Bonchev–Trinajstić information content (AvgIpc) is 2.45. The molecule has 2 atom stereocenters. The molecule has 110 valence electrons. The van der Waals surface area contributed by atoms with Gasteiger partial charge in [-0.05, 0) is 19.1 Å². The first-order chi connectivity index (χ1) is 9.60. The van der Waals surface area contributed by atoms with Gasteiger partial charge in [-0.2, -0.15) is 0 Å². The molecule has 0 aromatic heterocycles. The average molecular weight is 299 g/mol. The standard InChI is InChI=1S/C14H18FNO3S/c1-10-6-16(7-11(8-17)19-10)14(18)9-20-13-5-3-2-4-12(13)15/h2-5,10-11,17H,6-9H2,1H3. The molecule has 1 aliphatic heterocycles. The Balaban J connectivity index is 1.90. The highest BCUT2D eigenvalue weighted by Crippen LogP contribution is 2.22. The molecule has 0 spiro atoms. The summed E-state index contributed by atoms with van der Waals surface area (Å²) in [6, 6.07) is 6.41. The van der Waals surface area contributed by atoms with E-state index in [-0.39, 0.29) is 36.3 Å². The molecule has 1 saturated heterocycles. The summed E-state index contributed by atoms with van der Waals surface area (Å²) in [7, 11) is 0. The van der Waals surface area contributed by atoms with Gasteiger partial charge in [0.15, 0.2) is 0 Å². The molecule has 2 rings (SSSR count). The molecule has 0 saturated carbocycles. The Morgan fingerprint density at radius 1 is 1.50 bits per heavy atom. The second-order valence-corrected chi connectivity index (χ2v) is 5.79. The predicted molar refractivity (Wildman–Crippen MR) is 75.1 cm³/mol. The van der Waals surface area contributed by atoms with Crippen molar-refractivity contribution in [3.63, 3.8) is 0 Å². The van der Waals surface area contributed by atoms with Crippen LogP contribution in [0.1, 0.15) is 6.92 Å². The summed E-state index contributed by atoms with van der Waals surface area (Å²) in [5, 5.41) is 9.13. The topological polar surface area (TPSA) is 49.8 Å². The Bertz CT molecular complexity index is 471. The maximum absolute atomic E-state index is 13.5. The van der Waals surface area contributed by atoms with Gasteiger partial charge in [-0.15, -0.1) is 11.8 Å². The number of ether oxygens (including phenoxy) is 1. The first-order valence-corrected chi connectivity index (χ1v) is 7.50. The van der Waals surface area contributed by atoms with Crippen LogP contribution in [0.5, 0.6) is 0 Å². The number of aliphatic hydroxyl groups is 1. The van der Waals surface area contributed by atoms with Crippen molar-refractivity contribution in [2.45, 2.75) is 24.0 Å². The van der Waals surface area contributed by atoms with Crippen molar-refractivity contribution in [2.24, 2.45) is 0 Å². The summed E-state index contributed by atoms with van der Waals surface area (Å²) < 4.78 is 18.9. The Hall–Kier alpha value is -1.11. The molecule has 20 heavy (non-hydrogen) atoms.